The van der Waals surface area contributed by atoms with Gasteiger partial charge in [0.05, 0.1) is 6.54 Å². The fourth-order valence-corrected chi connectivity index (χ4v) is 3.47. The average molecular weight is 402 g/mol. The molecule has 30 heavy (non-hydrogen) atoms. The summed E-state index contributed by atoms with van der Waals surface area (Å²) in [5.74, 6) is -0.263. The molecule has 0 N–H and O–H groups in total. The number of benzene rings is 2. The summed E-state index contributed by atoms with van der Waals surface area (Å²) in [5.41, 5.74) is 1.55. The van der Waals surface area contributed by atoms with E-state index in [1.165, 1.54) is 16.8 Å². The Bertz CT molecular complexity index is 1090. The number of rotatable bonds is 4. The number of carbonyl (C=O) groups is 2. The standard InChI is InChI=1S/C23H22N4O3/c28-21-12-11-20(24-27(21)17-18-7-3-1-4-8-18)23(30)26-15-13-25(14-16-26)22(29)19-9-5-2-6-10-19/h1-12H,13-17H2. The molecule has 0 bridgehead atoms. The van der Waals surface area contributed by atoms with Crippen molar-refractivity contribution >= 4 is 11.8 Å². The summed E-state index contributed by atoms with van der Waals surface area (Å²) in [5, 5.41) is 4.28. The van der Waals surface area contributed by atoms with Gasteiger partial charge in [-0.1, -0.05) is 48.5 Å². The Morgan fingerprint density at radius 3 is 1.93 bits per heavy atom. The third-order valence-electron chi connectivity index (χ3n) is 5.14. The first-order valence-corrected chi connectivity index (χ1v) is 9.87. The van der Waals surface area contributed by atoms with Gasteiger partial charge >= 0.3 is 0 Å². The summed E-state index contributed by atoms with van der Waals surface area (Å²) in [6, 6.07) is 21.5. The first kappa shape index (κ1) is 19.6. The molecule has 1 aliphatic heterocycles. The topological polar surface area (TPSA) is 75.5 Å². The van der Waals surface area contributed by atoms with Gasteiger partial charge in [0, 0.05) is 37.8 Å². The van der Waals surface area contributed by atoms with E-state index in [1.807, 2.05) is 48.5 Å². The second kappa shape index (κ2) is 8.73. The van der Waals surface area contributed by atoms with Gasteiger partial charge in [-0.05, 0) is 23.8 Å². The summed E-state index contributed by atoms with van der Waals surface area (Å²) in [6.45, 7) is 2.08. The van der Waals surface area contributed by atoms with E-state index in [0.717, 1.165) is 5.56 Å². The number of amides is 2. The highest BCUT2D eigenvalue weighted by Crippen LogP contribution is 2.11. The van der Waals surface area contributed by atoms with Crippen molar-refractivity contribution in [2.75, 3.05) is 26.2 Å². The normalized spacial score (nSPS) is 13.9. The highest BCUT2D eigenvalue weighted by atomic mass is 16.2. The lowest BCUT2D eigenvalue weighted by Gasteiger charge is -2.34. The summed E-state index contributed by atoms with van der Waals surface area (Å²) in [7, 11) is 0. The molecule has 0 unspecified atom stereocenters. The Morgan fingerprint density at radius 2 is 1.30 bits per heavy atom. The monoisotopic (exact) mass is 402 g/mol. The van der Waals surface area contributed by atoms with Crippen molar-refractivity contribution in [3.63, 3.8) is 0 Å². The number of piperazine rings is 1. The van der Waals surface area contributed by atoms with Crippen LogP contribution < -0.4 is 5.56 Å². The van der Waals surface area contributed by atoms with E-state index in [9.17, 15) is 14.4 Å². The van der Waals surface area contributed by atoms with E-state index >= 15 is 0 Å². The molecule has 0 aliphatic carbocycles. The fourth-order valence-electron chi connectivity index (χ4n) is 3.47. The second-order valence-electron chi connectivity index (χ2n) is 7.15. The molecule has 0 atom stereocenters. The van der Waals surface area contributed by atoms with E-state index in [2.05, 4.69) is 5.10 Å². The van der Waals surface area contributed by atoms with E-state index in [1.54, 1.807) is 21.9 Å². The van der Waals surface area contributed by atoms with Crippen LogP contribution in [0.4, 0.5) is 0 Å². The van der Waals surface area contributed by atoms with Gasteiger partial charge in [-0.2, -0.15) is 5.10 Å². The zero-order chi connectivity index (χ0) is 20.9. The van der Waals surface area contributed by atoms with Crippen LogP contribution in [-0.2, 0) is 6.54 Å². The molecule has 1 aliphatic rings. The highest BCUT2D eigenvalue weighted by molar-refractivity contribution is 5.95. The third-order valence-corrected chi connectivity index (χ3v) is 5.14. The van der Waals surface area contributed by atoms with Gasteiger partial charge in [0.1, 0.15) is 5.69 Å². The molecule has 1 fully saturated rings. The molecule has 1 aromatic heterocycles. The van der Waals surface area contributed by atoms with Crippen molar-refractivity contribution in [3.05, 3.63) is 100.0 Å². The summed E-state index contributed by atoms with van der Waals surface area (Å²) in [4.78, 5) is 41.1. The quantitative estimate of drug-likeness (QED) is 0.668. The Kier molecular flexibility index (Phi) is 5.70. The molecular formula is C23H22N4O3. The summed E-state index contributed by atoms with van der Waals surface area (Å²) >= 11 is 0. The molecule has 4 rings (SSSR count). The van der Waals surface area contributed by atoms with Crippen molar-refractivity contribution in [2.45, 2.75) is 6.54 Å². The van der Waals surface area contributed by atoms with Gasteiger partial charge in [0.15, 0.2) is 0 Å². The second-order valence-corrected chi connectivity index (χ2v) is 7.15. The van der Waals surface area contributed by atoms with Gasteiger partial charge in [-0.25, -0.2) is 4.68 Å². The molecule has 2 aromatic carbocycles. The van der Waals surface area contributed by atoms with E-state index in [0.29, 0.717) is 38.3 Å². The minimum absolute atomic E-state index is 0.0303. The Balaban J connectivity index is 1.42. The van der Waals surface area contributed by atoms with Crippen molar-refractivity contribution in [1.82, 2.24) is 19.6 Å². The van der Waals surface area contributed by atoms with Crippen molar-refractivity contribution in [3.8, 4) is 0 Å². The maximum Gasteiger partial charge on any atom is 0.274 e. The lowest BCUT2D eigenvalue weighted by atomic mass is 10.2. The van der Waals surface area contributed by atoms with E-state index < -0.39 is 0 Å². The number of carbonyl (C=O) groups excluding carboxylic acids is 2. The van der Waals surface area contributed by atoms with Gasteiger partial charge in [0.2, 0.25) is 0 Å². The van der Waals surface area contributed by atoms with E-state index in [4.69, 9.17) is 0 Å². The number of hydrogen-bond donors (Lipinski definition) is 0. The molecule has 0 saturated carbocycles. The molecule has 7 heteroatoms. The molecule has 2 heterocycles. The van der Waals surface area contributed by atoms with Gasteiger partial charge in [-0.3, -0.25) is 14.4 Å². The van der Waals surface area contributed by atoms with Gasteiger partial charge in [0.25, 0.3) is 17.4 Å². The lowest BCUT2D eigenvalue weighted by molar-refractivity contribution is 0.0531. The number of aromatic nitrogens is 2. The van der Waals surface area contributed by atoms with Crippen molar-refractivity contribution in [2.24, 2.45) is 0 Å². The van der Waals surface area contributed by atoms with Crippen LogP contribution in [0, 0.1) is 0 Å². The van der Waals surface area contributed by atoms with Crippen molar-refractivity contribution < 1.29 is 9.59 Å². The van der Waals surface area contributed by atoms with E-state index in [-0.39, 0.29) is 23.1 Å². The molecule has 0 radical (unpaired) electrons. The van der Waals surface area contributed by atoms with Crippen LogP contribution in [0.15, 0.2) is 77.6 Å². The van der Waals surface area contributed by atoms with Crippen LogP contribution in [-0.4, -0.2) is 57.6 Å². The highest BCUT2D eigenvalue weighted by Gasteiger charge is 2.26. The Hall–Kier alpha value is -3.74. The van der Waals surface area contributed by atoms with Crippen LogP contribution in [0.25, 0.3) is 0 Å². The van der Waals surface area contributed by atoms with Crippen molar-refractivity contribution in [1.29, 1.82) is 0 Å². The molecule has 3 aromatic rings. The smallest absolute Gasteiger partial charge is 0.274 e. The fraction of sp³-hybridized carbons (Fsp3) is 0.217. The third kappa shape index (κ3) is 4.30. The first-order valence-electron chi connectivity index (χ1n) is 9.87. The largest absolute Gasteiger partial charge is 0.335 e. The molecule has 152 valence electrons. The maximum absolute atomic E-state index is 12.9. The van der Waals surface area contributed by atoms with Crippen LogP contribution in [0.5, 0.6) is 0 Å². The van der Waals surface area contributed by atoms with Crippen LogP contribution in [0.2, 0.25) is 0 Å². The Morgan fingerprint density at radius 1 is 0.733 bits per heavy atom. The average Bonchev–Trinajstić information content (AvgIpc) is 2.81. The number of nitrogens with zero attached hydrogens (tertiary/aromatic N) is 4. The zero-order valence-corrected chi connectivity index (χ0v) is 16.5. The molecule has 7 nitrogen and oxygen atoms in total. The predicted octanol–water partition coefficient (Wildman–Crippen LogP) is 1.89. The first-order chi connectivity index (χ1) is 14.6. The summed E-state index contributed by atoms with van der Waals surface area (Å²) in [6.07, 6.45) is 0. The Labute approximate surface area is 174 Å². The van der Waals surface area contributed by atoms with Gasteiger partial charge < -0.3 is 9.80 Å². The lowest BCUT2D eigenvalue weighted by Crippen LogP contribution is -2.51. The predicted molar refractivity (Wildman–Crippen MR) is 112 cm³/mol. The zero-order valence-electron chi connectivity index (χ0n) is 16.5. The maximum atomic E-state index is 12.9. The SMILES string of the molecule is O=C(c1ccccc1)N1CCN(C(=O)c2ccc(=O)n(Cc3ccccc3)n2)CC1. The minimum atomic E-state index is -0.256. The number of hydrogen-bond acceptors (Lipinski definition) is 4. The molecule has 2 amide bonds. The minimum Gasteiger partial charge on any atom is -0.335 e. The van der Waals surface area contributed by atoms with Crippen LogP contribution in [0.1, 0.15) is 26.4 Å². The van der Waals surface area contributed by atoms with Crippen LogP contribution in [0.3, 0.4) is 0 Å². The summed E-state index contributed by atoms with van der Waals surface area (Å²) < 4.78 is 1.30. The molecule has 0 spiro atoms. The molecular weight excluding hydrogens is 380 g/mol. The van der Waals surface area contributed by atoms with Gasteiger partial charge in [-0.15, -0.1) is 0 Å². The van der Waals surface area contributed by atoms with Crippen LogP contribution >= 0.6 is 0 Å². The molecule has 1 saturated heterocycles.